The van der Waals surface area contributed by atoms with E-state index in [2.05, 4.69) is 17.6 Å². The van der Waals surface area contributed by atoms with E-state index in [9.17, 15) is 9.59 Å². The zero-order valence-electron chi connectivity index (χ0n) is 15.4. The minimum atomic E-state index is -0.157. The molecule has 1 aromatic carbocycles. The first kappa shape index (κ1) is 19.2. The number of hydrogen-bond donors (Lipinski definition) is 2. The number of amides is 2. The van der Waals surface area contributed by atoms with E-state index in [1.807, 2.05) is 12.1 Å². The molecule has 0 unspecified atom stereocenters. The van der Waals surface area contributed by atoms with E-state index in [1.165, 1.54) is 12.8 Å². The molecule has 1 aromatic rings. The number of rotatable bonds is 7. The summed E-state index contributed by atoms with van der Waals surface area (Å²) in [5.41, 5.74) is 0.679. The van der Waals surface area contributed by atoms with Gasteiger partial charge in [0.05, 0.1) is 20.2 Å². The maximum atomic E-state index is 12.1. The van der Waals surface area contributed by atoms with Gasteiger partial charge in [-0.15, -0.1) is 0 Å². The van der Waals surface area contributed by atoms with Crippen LogP contribution in [0, 0.1) is 5.92 Å². The van der Waals surface area contributed by atoms with Gasteiger partial charge >= 0.3 is 0 Å². The summed E-state index contributed by atoms with van der Waals surface area (Å²) in [5.74, 6) is 1.27. The van der Waals surface area contributed by atoms with Crippen molar-refractivity contribution in [1.29, 1.82) is 0 Å². The molecule has 138 valence electrons. The standard InChI is InChI=1S/C19H29N3O3/c1-14-7-9-15(10-8-14)20-18(23)12-22(2)13-19(24)21-16-5-4-6-17(11-16)25-3/h4-6,11,14-15H,7-10,12-13H2,1-3H3,(H,20,23)(H,21,24). The van der Waals surface area contributed by atoms with Gasteiger partial charge in [0.25, 0.3) is 0 Å². The average molecular weight is 347 g/mol. The normalized spacial score (nSPS) is 20.2. The van der Waals surface area contributed by atoms with Gasteiger partial charge in [-0.05, 0) is 50.8 Å². The minimum Gasteiger partial charge on any atom is -0.497 e. The number of benzene rings is 1. The largest absolute Gasteiger partial charge is 0.497 e. The highest BCUT2D eigenvalue weighted by Crippen LogP contribution is 2.23. The predicted octanol–water partition coefficient (Wildman–Crippen LogP) is 2.26. The van der Waals surface area contributed by atoms with Crippen molar-refractivity contribution in [1.82, 2.24) is 10.2 Å². The molecule has 0 atom stereocenters. The van der Waals surface area contributed by atoms with Crippen LogP contribution in [0.2, 0.25) is 0 Å². The number of likely N-dealkylation sites (N-methyl/N-ethyl adjacent to an activating group) is 1. The van der Waals surface area contributed by atoms with Crippen molar-refractivity contribution in [3.05, 3.63) is 24.3 Å². The van der Waals surface area contributed by atoms with Crippen LogP contribution >= 0.6 is 0 Å². The van der Waals surface area contributed by atoms with Crippen LogP contribution in [0.1, 0.15) is 32.6 Å². The van der Waals surface area contributed by atoms with Crippen LogP contribution in [0.5, 0.6) is 5.75 Å². The third-order valence-corrected chi connectivity index (χ3v) is 4.56. The zero-order chi connectivity index (χ0) is 18.2. The molecule has 0 aliphatic heterocycles. The van der Waals surface area contributed by atoms with Crippen LogP contribution in [0.3, 0.4) is 0 Å². The number of methoxy groups -OCH3 is 1. The average Bonchev–Trinajstić information content (AvgIpc) is 2.56. The van der Waals surface area contributed by atoms with E-state index in [4.69, 9.17) is 4.74 Å². The van der Waals surface area contributed by atoms with Gasteiger partial charge in [-0.3, -0.25) is 14.5 Å². The molecule has 2 rings (SSSR count). The lowest BCUT2D eigenvalue weighted by Gasteiger charge is -2.27. The molecule has 1 saturated carbocycles. The number of nitrogens with one attached hydrogen (secondary N) is 2. The summed E-state index contributed by atoms with van der Waals surface area (Å²) in [6.45, 7) is 2.64. The minimum absolute atomic E-state index is 0.0174. The monoisotopic (exact) mass is 347 g/mol. The van der Waals surface area contributed by atoms with E-state index in [-0.39, 0.29) is 30.9 Å². The molecule has 0 saturated heterocycles. The molecule has 1 aliphatic rings. The van der Waals surface area contributed by atoms with Gasteiger partial charge in [-0.25, -0.2) is 0 Å². The highest BCUT2D eigenvalue weighted by atomic mass is 16.5. The Bertz CT molecular complexity index is 583. The predicted molar refractivity (Wildman–Crippen MR) is 98.7 cm³/mol. The molecule has 6 heteroatoms. The Hall–Kier alpha value is -2.08. The van der Waals surface area contributed by atoms with Crippen molar-refractivity contribution in [3.8, 4) is 5.75 Å². The van der Waals surface area contributed by atoms with Crippen molar-refractivity contribution in [2.24, 2.45) is 5.92 Å². The highest BCUT2D eigenvalue weighted by Gasteiger charge is 2.20. The first-order chi connectivity index (χ1) is 12.0. The number of hydrogen-bond acceptors (Lipinski definition) is 4. The van der Waals surface area contributed by atoms with Crippen LogP contribution in [0.15, 0.2) is 24.3 Å². The summed E-state index contributed by atoms with van der Waals surface area (Å²) in [4.78, 5) is 25.9. The number of carbonyl (C=O) groups excluding carboxylic acids is 2. The van der Waals surface area contributed by atoms with Gasteiger partial charge < -0.3 is 15.4 Å². The van der Waals surface area contributed by atoms with Crippen molar-refractivity contribution >= 4 is 17.5 Å². The summed E-state index contributed by atoms with van der Waals surface area (Å²) in [5, 5.41) is 5.89. The first-order valence-electron chi connectivity index (χ1n) is 8.88. The summed E-state index contributed by atoms with van der Waals surface area (Å²) in [7, 11) is 3.36. The van der Waals surface area contributed by atoms with E-state index in [0.717, 1.165) is 18.8 Å². The second-order valence-corrected chi connectivity index (χ2v) is 6.98. The van der Waals surface area contributed by atoms with Crippen LogP contribution in [-0.2, 0) is 9.59 Å². The van der Waals surface area contributed by atoms with Gasteiger partial charge in [0.2, 0.25) is 11.8 Å². The lowest BCUT2D eigenvalue weighted by molar-refractivity contribution is -0.123. The summed E-state index contributed by atoms with van der Waals surface area (Å²) in [6.07, 6.45) is 4.44. The van der Waals surface area contributed by atoms with Crippen LogP contribution in [0.4, 0.5) is 5.69 Å². The molecule has 0 spiro atoms. The van der Waals surface area contributed by atoms with Gasteiger partial charge in [-0.2, -0.15) is 0 Å². The fraction of sp³-hybridized carbons (Fsp3) is 0.579. The highest BCUT2D eigenvalue weighted by molar-refractivity contribution is 5.92. The maximum absolute atomic E-state index is 12.1. The van der Waals surface area contributed by atoms with E-state index >= 15 is 0 Å². The van der Waals surface area contributed by atoms with Crippen molar-refractivity contribution in [2.75, 3.05) is 32.6 Å². The molecule has 1 aliphatic carbocycles. The smallest absolute Gasteiger partial charge is 0.238 e. The molecule has 2 amide bonds. The molecular weight excluding hydrogens is 318 g/mol. The number of nitrogens with zero attached hydrogens (tertiary/aromatic N) is 1. The number of ether oxygens (including phenoxy) is 1. The molecule has 25 heavy (non-hydrogen) atoms. The second kappa shape index (κ2) is 9.42. The van der Waals surface area contributed by atoms with Crippen molar-refractivity contribution < 1.29 is 14.3 Å². The fourth-order valence-electron chi connectivity index (χ4n) is 3.13. The molecule has 6 nitrogen and oxygen atoms in total. The van der Waals surface area contributed by atoms with Gasteiger partial charge in [0.15, 0.2) is 0 Å². The first-order valence-corrected chi connectivity index (χ1v) is 8.88. The Labute approximate surface area is 149 Å². The third-order valence-electron chi connectivity index (χ3n) is 4.56. The van der Waals surface area contributed by atoms with Crippen LogP contribution < -0.4 is 15.4 Å². The summed E-state index contributed by atoms with van der Waals surface area (Å²) in [6, 6.07) is 7.48. The van der Waals surface area contributed by atoms with E-state index in [0.29, 0.717) is 11.4 Å². The summed E-state index contributed by atoms with van der Waals surface area (Å²) < 4.78 is 5.13. The maximum Gasteiger partial charge on any atom is 0.238 e. The SMILES string of the molecule is COc1cccc(NC(=O)CN(C)CC(=O)NC2CCC(C)CC2)c1. The van der Waals surface area contributed by atoms with Crippen molar-refractivity contribution in [3.63, 3.8) is 0 Å². The van der Waals surface area contributed by atoms with E-state index in [1.54, 1.807) is 31.2 Å². The van der Waals surface area contributed by atoms with Crippen LogP contribution in [0.25, 0.3) is 0 Å². The lowest BCUT2D eigenvalue weighted by Crippen LogP contribution is -2.43. The Kier molecular flexibility index (Phi) is 7.25. The Morgan fingerprint density at radius 3 is 2.52 bits per heavy atom. The number of carbonyl (C=O) groups is 2. The Morgan fingerprint density at radius 2 is 1.84 bits per heavy atom. The molecule has 0 radical (unpaired) electrons. The number of anilines is 1. The third kappa shape index (κ3) is 6.74. The molecule has 1 fully saturated rings. The van der Waals surface area contributed by atoms with Crippen molar-refractivity contribution in [2.45, 2.75) is 38.6 Å². The topological polar surface area (TPSA) is 70.7 Å². The summed E-state index contributed by atoms with van der Waals surface area (Å²) >= 11 is 0. The second-order valence-electron chi connectivity index (χ2n) is 6.98. The molecular formula is C19H29N3O3. The fourth-order valence-corrected chi connectivity index (χ4v) is 3.13. The zero-order valence-corrected chi connectivity index (χ0v) is 15.4. The van der Waals surface area contributed by atoms with Gasteiger partial charge in [0, 0.05) is 17.8 Å². The lowest BCUT2D eigenvalue weighted by atomic mass is 9.87. The van der Waals surface area contributed by atoms with Gasteiger partial charge in [-0.1, -0.05) is 13.0 Å². The van der Waals surface area contributed by atoms with E-state index < -0.39 is 0 Å². The molecule has 0 heterocycles. The van der Waals surface area contributed by atoms with Gasteiger partial charge in [0.1, 0.15) is 5.75 Å². The Morgan fingerprint density at radius 1 is 1.16 bits per heavy atom. The molecule has 0 aromatic heterocycles. The molecule has 0 bridgehead atoms. The molecule has 2 N–H and O–H groups in total. The quantitative estimate of drug-likeness (QED) is 0.794. The Balaban J connectivity index is 1.72. The van der Waals surface area contributed by atoms with Crippen LogP contribution in [-0.4, -0.2) is 50.0 Å².